The number of carbonyl (C=O) groups excluding carboxylic acids is 2. The minimum Gasteiger partial charge on any atom is -0.452 e. The minimum absolute atomic E-state index is 0.0929. The van der Waals surface area contributed by atoms with E-state index in [4.69, 9.17) is 4.74 Å². The molecule has 2 aliphatic rings. The third kappa shape index (κ3) is 5.03. The first-order valence-corrected chi connectivity index (χ1v) is 12.4. The van der Waals surface area contributed by atoms with Crippen LogP contribution in [0.25, 0.3) is 0 Å². The first kappa shape index (κ1) is 22.7. The summed E-state index contributed by atoms with van der Waals surface area (Å²) in [7, 11) is -3.64. The molecule has 0 saturated carbocycles. The molecule has 1 aromatic rings. The highest BCUT2D eigenvalue weighted by Crippen LogP contribution is 2.24. The van der Waals surface area contributed by atoms with Crippen molar-refractivity contribution < 1.29 is 22.7 Å². The van der Waals surface area contributed by atoms with E-state index >= 15 is 0 Å². The number of hydrogen-bond donors (Lipinski definition) is 0. The highest BCUT2D eigenvalue weighted by molar-refractivity contribution is 7.89. The van der Waals surface area contributed by atoms with E-state index in [1.54, 1.807) is 17.9 Å². The summed E-state index contributed by atoms with van der Waals surface area (Å²) >= 11 is 0. The molecule has 2 saturated heterocycles. The summed E-state index contributed by atoms with van der Waals surface area (Å²) in [5.41, 5.74) is 0.807. The van der Waals surface area contributed by atoms with Gasteiger partial charge in [0, 0.05) is 25.7 Å². The van der Waals surface area contributed by atoms with Gasteiger partial charge in [-0.2, -0.15) is 4.31 Å². The van der Waals surface area contributed by atoms with Gasteiger partial charge in [-0.1, -0.05) is 19.4 Å². The van der Waals surface area contributed by atoms with E-state index in [-0.39, 0.29) is 29.0 Å². The minimum atomic E-state index is -3.64. The lowest BCUT2D eigenvalue weighted by Crippen LogP contribution is -2.45. The van der Waals surface area contributed by atoms with Crippen molar-refractivity contribution in [2.45, 2.75) is 69.7 Å². The van der Waals surface area contributed by atoms with Gasteiger partial charge >= 0.3 is 5.97 Å². The molecule has 3 rings (SSSR count). The Kier molecular flexibility index (Phi) is 7.52. The smallest absolute Gasteiger partial charge is 0.338 e. The maximum Gasteiger partial charge on any atom is 0.338 e. The van der Waals surface area contributed by atoms with Crippen LogP contribution in [-0.4, -0.2) is 61.8 Å². The molecule has 8 heteroatoms. The third-order valence-electron chi connectivity index (χ3n) is 6.13. The quantitative estimate of drug-likeness (QED) is 0.640. The molecule has 0 spiro atoms. The van der Waals surface area contributed by atoms with Crippen LogP contribution in [0.4, 0.5) is 0 Å². The SMILES string of the molecule is CCC1CCCCN1C(=O)COC(=O)c1cc(S(=O)(=O)N2CCCCC2)ccc1C. The molecular formula is C22H32N2O5S. The molecule has 2 aliphatic heterocycles. The summed E-state index contributed by atoms with van der Waals surface area (Å²) in [4.78, 5) is 27.1. The number of aryl methyl sites for hydroxylation is 1. The second-order valence-electron chi connectivity index (χ2n) is 8.16. The molecular weight excluding hydrogens is 404 g/mol. The predicted molar refractivity (Wildman–Crippen MR) is 114 cm³/mol. The predicted octanol–water partition coefficient (Wildman–Crippen LogP) is 3.12. The Labute approximate surface area is 179 Å². The maximum atomic E-state index is 12.9. The van der Waals surface area contributed by atoms with Crippen molar-refractivity contribution >= 4 is 21.9 Å². The van der Waals surface area contributed by atoms with E-state index in [0.29, 0.717) is 25.2 Å². The summed E-state index contributed by atoms with van der Waals surface area (Å²) < 4.78 is 32.6. The highest BCUT2D eigenvalue weighted by atomic mass is 32.2. The average Bonchev–Trinajstić information content (AvgIpc) is 2.77. The zero-order chi connectivity index (χ0) is 21.7. The van der Waals surface area contributed by atoms with Crippen LogP contribution < -0.4 is 0 Å². The molecule has 1 atom stereocenters. The topological polar surface area (TPSA) is 84.0 Å². The molecule has 1 unspecified atom stereocenters. The highest BCUT2D eigenvalue weighted by Gasteiger charge is 2.28. The molecule has 7 nitrogen and oxygen atoms in total. The van der Waals surface area contributed by atoms with Gasteiger partial charge in [-0.3, -0.25) is 4.79 Å². The fourth-order valence-corrected chi connectivity index (χ4v) is 5.82. The van der Waals surface area contributed by atoms with Crippen LogP contribution in [0.3, 0.4) is 0 Å². The van der Waals surface area contributed by atoms with E-state index in [2.05, 4.69) is 6.92 Å². The standard InChI is InChI=1S/C22H32N2O5S/c1-3-18-9-5-8-14-24(18)21(25)16-29-22(26)20-15-19(11-10-17(20)2)30(27,28)23-12-6-4-7-13-23/h10-11,15,18H,3-9,12-14,16H2,1-2H3. The van der Waals surface area contributed by atoms with Crippen molar-refractivity contribution in [2.24, 2.45) is 0 Å². The van der Waals surface area contributed by atoms with Gasteiger partial charge in [-0.25, -0.2) is 13.2 Å². The number of piperidine rings is 2. The fraction of sp³-hybridized carbons (Fsp3) is 0.636. The Morgan fingerprint density at radius 2 is 1.77 bits per heavy atom. The van der Waals surface area contributed by atoms with Crippen molar-refractivity contribution in [3.05, 3.63) is 29.3 Å². The lowest BCUT2D eigenvalue weighted by molar-refractivity contribution is -0.138. The molecule has 0 aliphatic carbocycles. The normalized spacial score (nSPS) is 20.7. The van der Waals surface area contributed by atoms with Crippen LogP contribution in [-0.2, 0) is 19.6 Å². The molecule has 30 heavy (non-hydrogen) atoms. The van der Waals surface area contributed by atoms with Crippen molar-refractivity contribution in [3.8, 4) is 0 Å². The van der Waals surface area contributed by atoms with Crippen LogP contribution in [0.5, 0.6) is 0 Å². The van der Waals surface area contributed by atoms with E-state index in [1.165, 1.54) is 16.4 Å². The zero-order valence-electron chi connectivity index (χ0n) is 17.9. The number of nitrogens with zero attached hydrogens (tertiary/aromatic N) is 2. The van der Waals surface area contributed by atoms with Gasteiger partial charge in [-0.15, -0.1) is 0 Å². The Hall–Kier alpha value is -1.93. The van der Waals surface area contributed by atoms with E-state index in [1.807, 2.05) is 0 Å². The summed E-state index contributed by atoms with van der Waals surface area (Å²) in [5, 5.41) is 0. The van der Waals surface area contributed by atoms with E-state index in [0.717, 1.165) is 44.9 Å². The van der Waals surface area contributed by atoms with Gasteiger partial charge < -0.3 is 9.64 Å². The van der Waals surface area contributed by atoms with Gasteiger partial charge in [0.25, 0.3) is 5.91 Å². The van der Waals surface area contributed by atoms with Crippen LogP contribution in [0.15, 0.2) is 23.1 Å². The zero-order valence-corrected chi connectivity index (χ0v) is 18.7. The van der Waals surface area contributed by atoms with Gasteiger partial charge in [0.05, 0.1) is 10.5 Å². The number of rotatable bonds is 6. The number of hydrogen-bond acceptors (Lipinski definition) is 5. The monoisotopic (exact) mass is 436 g/mol. The molecule has 2 heterocycles. The molecule has 166 valence electrons. The Bertz CT molecular complexity index is 878. The number of likely N-dealkylation sites (tertiary alicyclic amines) is 1. The number of amides is 1. The molecule has 1 aromatic carbocycles. The largest absolute Gasteiger partial charge is 0.452 e. The van der Waals surface area contributed by atoms with Crippen molar-refractivity contribution in [2.75, 3.05) is 26.2 Å². The lowest BCUT2D eigenvalue weighted by Gasteiger charge is -2.35. The fourth-order valence-electron chi connectivity index (χ4n) is 4.28. The third-order valence-corrected chi connectivity index (χ3v) is 8.02. The van der Waals surface area contributed by atoms with E-state index < -0.39 is 16.0 Å². The molecule has 2 fully saturated rings. The first-order chi connectivity index (χ1) is 14.3. The van der Waals surface area contributed by atoms with Gasteiger partial charge in [0.15, 0.2) is 6.61 Å². The van der Waals surface area contributed by atoms with Crippen LogP contribution in [0.1, 0.15) is 67.8 Å². The summed E-state index contributed by atoms with van der Waals surface area (Å²) in [6.07, 6.45) is 6.66. The summed E-state index contributed by atoms with van der Waals surface area (Å²) in [5.74, 6) is -0.855. The maximum absolute atomic E-state index is 12.9. The summed E-state index contributed by atoms with van der Waals surface area (Å²) in [6, 6.07) is 4.72. The molecule has 0 bridgehead atoms. The second kappa shape index (κ2) is 9.92. The molecule has 0 aromatic heterocycles. The molecule has 0 radical (unpaired) electrons. The Morgan fingerprint density at radius 1 is 1.07 bits per heavy atom. The Morgan fingerprint density at radius 3 is 2.47 bits per heavy atom. The molecule has 0 N–H and O–H groups in total. The van der Waals surface area contributed by atoms with Crippen LogP contribution in [0, 0.1) is 6.92 Å². The van der Waals surface area contributed by atoms with Gasteiger partial charge in [0.1, 0.15) is 0 Å². The molecule has 1 amide bonds. The number of benzene rings is 1. The van der Waals surface area contributed by atoms with Gasteiger partial charge in [-0.05, 0) is 63.1 Å². The van der Waals surface area contributed by atoms with E-state index in [9.17, 15) is 18.0 Å². The Balaban J connectivity index is 1.70. The first-order valence-electron chi connectivity index (χ1n) is 10.9. The number of ether oxygens (including phenoxy) is 1. The lowest BCUT2D eigenvalue weighted by atomic mass is 10.00. The van der Waals surface area contributed by atoms with Crippen molar-refractivity contribution in [3.63, 3.8) is 0 Å². The number of carbonyl (C=O) groups is 2. The van der Waals surface area contributed by atoms with Crippen molar-refractivity contribution in [1.82, 2.24) is 9.21 Å². The number of esters is 1. The average molecular weight is 437 g/mol. The number of sulfonamides is 1. The van der Waals surface area contributed by atoms with Gasteiger partial charge in [0.2, 0.25) is 10.0 Å². The van der Waals surface area contributed by atoms with Crippen LogP contribution >= 0.6 is 0 Å². The summed E-state index contributed by atoms with van der Waals surface area (Å²) in [6.45, 7) is 5.15. The van der Waals surface area contributed by atoms with Crippen LogP contribution in [0.2, 0.25) is 0 Å². The van der Waals surface area contributed by atoms with Crippen molar-refractivity contribution in [1.29, 1.82) is 0 Å². The second-order valence-corrected chi connectivity index (χ2v) is 10.1.